The Labute approximate surface area is 137 Å². The van der Waals surface area contributed by atoms with Crippen LogP contribution in [0.2, 0.25) is 0 Å². The summed E-state index contributed by atoms with van der Waals surface area (Å²) in [6.07, 6.45) is 4.28. The highest BCUT2D eigenvalue weighted by Gasteiger charge is 2.23. The Balaban J connectivity index is 1.47. The fourth-order valence-electron chi connectivity index (χ4n) is 3.05. The van der Waals surface area contributed by atoms with Gasteiger partial charge in [-0.2, -0.15) is 10.2 Å². The second kappa shape index (κ2) is 5.92. The van der Waals surface area contributed by atoms with E-state index in [1.807, 2.05) is 0 Å². The summed E-state index contributed by atoms with van der Waals surface area (Å²) >= 11 is 0. The molecule has 2 heterocycles. The van der Waals surface area contributed by atoms with E-state index in [0.717, 1.165) is 30.5 Å². The minimum atomic E-state index is -0.365. The number of fused-ring (bicyclic) bond motifs is 1. The molecule has 1 aromatic carbocycles. The van der Waals surface area contributed by atoms with Crippen molar-refractivity contribution >= 4 is 5.91 Å². The molecule has 1 atom stereocenters. The van der Waals surface area contributed by atoms with Gasteiger partial charge < -0.3 is 5.32 Å². The number of nitrogens with zero attached hydrogens (tertiary/aromatic N) is 2. The quantitative estimate of drug-likeness (QED) is 0.690. The van der Waals surface area contributed by atoms with Crippen molar-refractivity contribution in [2.24, 2.45) is 0 Å². The van der Waals surface area contributed by atoms with E-state index in [1.165, 1.54) is 6.07 Å². The van der Waals surface area contributed by atoms with Gasteiger partial charge in [-0.15, -0.1) is 0 Å². The number of aromatic nitrogens is 4. The van der Waals surface area contributed by atoms with E-state index < -0.39 is 0 Å². The van der Waals surface area contributed by atoms with Gasteiger partial charge in [0.05, 0.1) is 11.9 Å². The summed E-state index contributed by atoms with van der Waals surface area (Å²) in [4.78, 5) is 12.4. The largest absolute Gasteiger partial charge is 0.348 e. The van der Waals surface area contributed by atoms with Crippen molar-refractivity contribution in [2.45, 2.75) is 25.3 Å². The lowest BCUT2D eigenvalue weighted by molar-refractivity contribution is 0.0928. The first-order valence-corrected chi connectivity index (χ1v) is 7.83. The second-order valence-corrected chi connectivity index (χ2v) is 5.93. The number of carbonyl (C=O) groups excluding carboxylic acids is 1. The first-order chi connectivity index (χ1) is 11.7. The monoisotopic (exact) mass is 325 g/mol. The lowest BCUT2D eigenvalue weighted by atomic mass is 9.93. The third-order valence-electron chi connectivity index (χ3n) is 4.32. The summed E-state index contributed by atoms with van der Waals surface area (Å²) in [7, 11) is 0. The molecule has 0 fully saturated rings. The smallest absolute Gasteiger partial charge is 0.269 e. The molecule has 1 aliphatic rings. The third kappa shape index (κ3) is 2.68. The number of halogens is 1. The molecule has 2 aromatic heterocycles. The van der Waals surface area contributed by atoms with Gasteiger partial charge in [0.2, 0.25) is 0 Å². The second-order valence-electron chi connectivity index (χ2n) is 5.93. The summed E-state index contributed by atoms with van der Waals surface area (Å²) in [5.41, 5.74) is 3.39. The van der Waals surface area contributed by atoms with Crippen LogP contribution in [0.5, 0.6) is 0 Å². The Hall–Kier alpha value is -2.96. The van der Waals surface area contributed by atoms with Crippen molar-refractivity contribution in [2.75, 3.05) is 0 Å². The average Bonchev–Trinajstić information content (AvgIpc) is 3.24. The van der Waals surface area contributed by atoms with E-state index in [9.17, 15) is 9.18 Å². The summed E-state index contributed by atoms with van der Waals surface area (Å²) in [6.45, 7) is 0. The topological polar surface area (TPSA) is 86.5 Å². The molecule has 6 nitrogen and oxygen atoms in total. The van der Waals surface area contributed by atoms with Gasteiger partial charge >= 0.3 is 0 Å². The molecule has 24 heavy (non-hydrogen) atoms. The summed E-state index contributed by atoms with van der Waals surface area (Å²) in [5, 5.41) is 16.7. The number of hydrogen-bond donors (Lipinski definition) is 3. The normalized spacial score (nSPS) is 16.6. The maximum absolute atomic E-state index is 13.8. The number of nitrogens with one attached hydrogen (secondary N) is 3. The van der Waals surface area contributed by atoms with Crippen LogP contribution in [0.1, 0.15) is 28.2 Å². The zero-order valence-corrected chi connectivity index (χ0v) is 12.8. The maximum atomic E-state index is 13.8. The Kier molecular flexibility index (Phi) is 3.60. The van der Waals surface area contributed by atoms with Crippen molar-refractivity contribution in [3.63, 3.8) is 0 Å². The van der Waals surface area contributed by atoms with Crippen LogP contribution < -0.4 is 5.32 Å². The number of benzene rings is 1. The van der Waals surface area contributed by atoms with Crippen molar-refractivity contribution in [1.29, 1.82) is 0 Å². The third-order valence-corrected chi connectivity index (χ3v) is 4.32. The van der Waals surface area contributed by atoms with E-state index in [2.05, 4.69) is 25.7 Å². The van der Waals surface area contributed by atoms with Crippen LogP contribution in [0.15, 0.2) is 36.5 Å². The summed E-state index contributed by atoms with van der Waals surface area (Å²) < 4.78 is 13.8. The van der Waals surface area contributed by atoms with E-state index in [4.69, 9.17) is 0 Å². The summed E-state index contributed by atoms with van der Waals surface area (Å²) in [6, 6.07) is 7.98. The van der Waals surface area contributed by atoms with Gasteiger partial charge in [0, 0.05) is 17.3 Å². The molecular formula is C17H16FN5O. The van der Waals surface area contributed by atoms with Crippen LogP contribution in [-0.2, 0) is 12.8 Å². The van der Waals surface area contributed by atoms with E-state index >= 15 is 0 Å². The van der Waals surface area contributed by atoms with Gasteiger partial charge in [-0.1, -0.05) is 12.1 Å². The lowest BCUT2D eigenvalue weighted by Gasteiger charge is -2.22. The number of amides is 1. The molecule has 0 aliphatic heterocycles. The standard InChI is InChI=1S/C17H16FN5O/c18-13-4-2-1-3-12(13)15-8-16(23-22-15)17(24)20-11-5-6-14-10(7-11)9-19-21-14/h1-4,8-9,11H,5-7H2,(H,19,21)(H,20,24)(H,22,23). The average molecular weight is 325 g/mol. The molecular weight excluding hydrogens is 309 g/mol. The highest BCUT2D eigenvalue weighted by molar-refractivity contribution is 5.93. The molecule has 0 bridgehead atoms. The Morgan fingerprint density at radius 3 is 3.04 bits per heavy atom. The molecule has 7 heteroatoms. The molecule has 1 amide bonds. The van der Waals surface area contributed by atoms with Crippen LogP contribution in [-0.4, -0.2) is 32.3 Å². The number of H-pyrrole nitrogens is 2. The van der Waals surface area contributed by atoms with Crippen LogP contribution in [0.4, 0.5) is 4.39 Å². The Morgan fingerprint density at radius 1 is 1.29 bits per heavy atom. The van der Waals surface area contributed by atoms with Gasteiger partial charge in [-0.05, 0) is 43.0 Å². The molecule has 0 saturated heterocycles. The van der Waals surface area contributed by atoms with E-state index in [-0.39, 0.29) is 17.8 Å². The molecule has 122 valence electrons. The van der Waals surface area contributed by atoms with Gasteiger partial charge in [-0.25, -0.2) is 4.39 Å². The maximum Gasteiger partial charge on any atom is 0.269 e. The Morgan fingerprint density at radius 2 is 2.17 bits per heavy atom. The van der Waals surface area contributed by atoms with Gasteiger partial charge in [0.15, 0.2) is 0 Å². The van der Waals surface area contributed by atoms with Gasteiger partial charge in [0.1, 0.15) is 11.5 Å². The number of aryl methyl sites for hydroxylation is 1. The summed E-state index contributed by atoms with van der Waals surface area (Å²) in [5.74, 6) is -0.599. The lowest BCUT2D eigenvalue weighted by Crippen LogP contribution is -2.38. The van der Waals surface area contributed by atoms with Crippen molar-refractivity contribution in [3.8, 4) is 11.3 Å². The van der Waals surface area contributed by atoms with Crippen LogP contribution in [0.3, 0.4) is 0 Å². The molecule has 0 radical (unpaired) electrons. The van der Waals surface area contributed by atoms with Crippen molar-refractivity contribution in [3.05, 3.63) is 59.3 Å². The fourth-order valence-corrected chi connectivity index (χ4v) is 3.05. The van der Waals surface area contributed by atoms with Gasteiger partial charge in [-0.3, -0.25) is 15.0 Å². The highest BCUT2D eigenvalue weighted by atomic mass is 19.1. The minimum absolute atomic E-state index is 0.0582. The van der Waals surface area contributed by atoms with Crippen molar-refractivity contribution in [1.82, 2.24) is 25.7 Å². The molecule has 1 unspecified atom stereocenters. The molecule has 3 N–H and O–H groups in total. The zero-order chi connectivity index (χ0) is 16.5. The first-order valence-electron chi connectivity index (χ1n) is 7.83. The van der Waals surface area contributed by atoms with Crippen LogP contribution in [0.25, 0.3) is 11.3 Å². The fraction of sp³-hybridized carbons (Fsp3) is 0.235. The number of aromatic amines is 2. The van der Waals surface area contributed by atoms with Crippen molar-refractivity contribution < 1.29 is 9.18 Å². The molecule has 0 spiro atoms. The van der Waals surface area contributed by atoms with Crippen LogP contribution in [0, 0.1) is 5.82 Å². The SMILES string of the molecule is O=C(NC1CCc2[nH]ncc2C1)c1cc(-c2ccccc2F)n[nH]1. The van der Waals surface area contributed by atoms with Crippen LogP contribution >= 0.6 is 0 Å². The predicted molar refractivity (Wildman–Crippen MR) is 85.8 cm³/mol. The number of hydrogen-bond acceptors (Lipinski definition) is 3. The van der Waals surface area contributed by atoms with Gasteiger partial charge in [0.25, 0.3) is 5.91 Å². The zero-order valence-electron chi connectivity index (χ0n) is 12.8. The molecule has 0 saturated carbocycles. The molecule has 4 rings (SSSR count). The molecule has 3 aromatic rings. The number of rotatable bonds is 3. The first kappa shape index (κ1) is 14.6. The minimum Gasteiger partial charge on any atom is -0.348 e. The number of carbonyl (C=O) groups is 1. The highest BCUT2D eigenvalue weighted by Crippen LogP contribution is 2.22. The molecule has 1 aliphatic carbocycles. The van der Waals surface area contributed by atoms with E-state index in [0.29, 0.717) is 17.0 Å². The predicted octanol–water partition coefficient (Wildman–Crippen LogP) is 2.23. The van der Waals surface area contributed by atoms with E-state index in [1.54, 1.807) is 30.5 Å². The Bertz CT molecular complexity index is 885.